The SMILES string of the molecule is C.Cc1cc(C)c(N)c(C)c1.Cc1cc(C)c(N=CC=Nc2c(C)cc(C)cc2C)c(C)c1.O=CC=O. The zero-order valence-corrected chi connectivity index (χ0v) is 23.1. The quantitative estimate of drug-likeness (QED) is 0.171. The molecule has 5 nitrogen and oxygen atoms in total. The number of carbonyl (C=O) groups excluding carboxylic acids is 2. The minimum Gasteiger partial charge on any atom is -0.398 e. The first-order chi connectivity index (χ1) is 16.9. The van der Waals surface area contributed by atoms with Gasteiger partial charge in [-0.3, -0.25) is 19.6 Å². The molecule has 3 aromatic rings. The second kappa shape index (κ2) is 16.0. The van der Waals surface area contributed by atoms with Crippen LogP contribution in [0.3, 0.4) is 0 Å². The summed E-state index contributed by atoms with van der Waals surface area (Å²) in [7, 11) is 0. The Hall–Kier alpha value is -3.86. The maximum absolute atomic E-state index is 8.81. The molecule has 0 spiro atoms. The maximum Gasteiger partial charge on any atom is 0.182 e. The molecule has 0 heterocycles. The first-order valence-corrected chi connectivity index (χ1v) is 11.9. The van der Waals surface area contributed by atoms with Crippen molar-refractivity contribution in [2.45, 2.75) is 69.7 Å². The summed E-state index contributed by atoms with van der Waals surface area (Å²) in [6.45, 7) is 18.8. The summed E-state index contributed by atoms with van der Waals surface area (Å²) in [6.07, 6.45) is 3.95. The fourth-order valence-electron chi connectivity index (χ4n) is 4.16. The topological polar surface area (TPSA) is 84.9 Å². The molecule has 0 bridgehead atoms. The van der Waals surface area contributed by atoms with E-state index in [-0.39, 0.29) is 20.0 Å². The lowest BCUT2D eigenvalue weighted by Crippen LogP contribution is -1.93. The van der Waals surface area contributed by atoms with E-state index in [1.807, 2.05) is 13.8 Å². The van der Waals surface area contributed by atoms with Crippen LogP contribution in [-0.4, -0.2) is 25.0 Å². The first kappa shape index (κ1) is 33.1. The van der Waals surface area contributed by atoms with Crippen LogP contribution in [0.1, 0.15) is 57.5 Å². The lowest BCUT2D eigenvalue weighted by molar-refractivity contribution is -0.122. The van der Waals surface area contributed by atoms with Crippen LogP contribution in [0, 0.1) is 62.3 Å². The Bertz CT molecular complexity index is 1130. The van der Waals surface area contributed by atoms with Crippen molar-refractivity contribution < 1.29 is 9.59 Å². The molecule has 0 fully saturated rings. The van der Waals surface area contributed by atoms with Crippen molar-refractivity contribution in [2.75, 3.05) is 5.73 Å². The summed E-state index contributed by atoms with van der Waals surface area (Å²) in [5.41, 5.74) is 19.7. The Morgan fingerprint density at radius 3 is 1.00 bits per heavy atom. The summed E-state index contributed by atoms with van der Waals surface area (Å²) in [5.74, 6) is 0. The van der Waals surface area contributed by atoms with Gasteiger partial charge in [0.2, 0.25) is 0 Å². The van der Waals surface area contributed by atoms with Crippen LogP contribution in [0.15, 0.2) is 46.4 Å². The van der Waals surface area contributed by atoms with E-state index in [0.717, 1.165) is 17.1 Å². The average Bonchev–Trinajstić information content (AvgIpc) is 2.78. The highest BCUT2D eigenvalue weighted by atomic mass is 16.2. The molecule has 0 radical (unpaired) electrons. The number of nitrogen functional groups attached to an aromatic ring is 1. The summed E-state index contributed by atoms with van der Waals surface area (Å²) in [6, 6.07) is 12.8. The van der Waals surface area contributed by atoms with Crippen LogP contribution in [0.25, 0.3) is 0 Å². The number of hydrogen-bond donors (Lipinski definition) is 1. The van der Waals surface area contributed by atoms with E-state index in [4.69, 9.17) is 15.3 Å². The number of aliphatic imine (C=N–C) groups is 2. The van der Waals surface area contributed by atoms with Crippen molar-refractivity contribution >= 4 is 42.1 Å². The molecule has 0 unspecified atom stereocenters. The number of anilines is 1. The van der Waals surface area contributed by atoms with Crippen LogP contribution in [-0.2, 0) is 9.59 Å². The van der Waals surface area contributed by atoms with Crippen LogP contribution in [0.4, 0.5) is 17.1 Å². The van der Waals surface area contributed by atoms with E-state index in [0.29, 0.717) is 0 Å². The lowest BCUT2D eigenvalue weighted by atomic mass is 10.1. The highest BCUT2D eigenvalue weighted by Crippen LogP contribution is 2.26. The molecular formula is C32H43N3O2. The molecule has 0 aromatic heterocycles. The molecule has 0 saturated heterocycles. The van der Waals surface area contributed by atoms with Crippen LogP contribution in [0.2, 0.25) is 0 Å². The van der Waals surface area contributed by atoms with Gasteiger partial charge >= 0.3 is 0 Å². The maximum atomic E-state index is 8.81. The second-order valence-corrected chi connectivity index (χ2v) is 9.14. The van der Waals surface area contributed by atoms with Gasteiger partial charge in [0.05, 0.1) is 11.4 Å². The van der Waals surface area contributed by atoms with Gasteiger partial charge in [-0.15, -0.1) is 0 Å². The number of nitrogens with zero attached hydrogens (tertiary/aromatic N) is 2. The van der Waals surface area contributed by atoms with E-state index in [1.54, 1.807) is 12.4 Å². The third kappa shape index (κ3) is 10.7. The van der Waals surface area contributed by atoms with Gasteiger partial charge in [-0.25, -0.2) is 0 Å². The zero-order valence-electron chi connectivity index (χ0n) is 23.1. The predicted octanol–water partition coefficient (Wildman–Crippen LogP) is 7.86. The Morgan fingerprint density at radius 2 is 0.757 bits per heavy atom. The Labute approximate surface area is 223 Å². The molecule has 0 aliphatic rings. The Morgan fingerprint density at radius 1 is 0.514 bits per heavy atom. The highest BCUT2D eigenvalue weighted by molar-refractivity contribution is 6.17. The van der Waals surface area contributed by atoms with E-state index >= 15 is 0 Å². The molecule has 2 N–H and O–H groups in total. The van der Waals surface area contributed by atoms with Crippen molar-refractivity contribution in [2.24, 2.45) is 9.98 Å². The molecule has 0 amide bonds. The fourth-order valence-corrected chi connectivity index (χ4v) is 4.16. The van der Waals surface area contributed by atoms with Gasteiger partial charge in [-0.1, -0.05) is 60.5 Å². The number of aldehydes is 2. The summed E-state index contributed by atoms with van der Waals surface area (Å²) < 4.78 is 0. The Balaban J connectivity index is 0.000000718. The van der Waals surface area contributed by atoms with Gasteiger partial charge in [-0.05, 0) is 95.7 Å². The van der Waals surface area contributed by atoms with Gasteiger partial charge in [0.25, 0.3) is 0 Å². The van der Waals surface area contributed by atoms with Crippen molar-refractivity contribution in [3.63, 3.8) is 0 Å². The molecule has 0 saturated carbocycles. The fraction of sp³-hybridized carbons (Fsp3) is 0.312. The minimum atomic E-state index is 0. The molecular weight excluding hydrogens is 458 g/mol. The van der Waals surface area contributed by atoms with Crippen molar-refractivity contribution in [3.8, 4) is 0 Å². The lowest BCUT2D eigenvalue weighted by Gasteiger charge is -2.06. The largest absolute Gasteiger partial charge is 0.398 e. The van der Waals surface area contributed by atoms with Crippen molar-refractivity contribution in [1.29, 1.82) is 0 Å². The van der Waals surface area contributed by atoms with Gasteiger partial charge in [0.1, 0.15) is 0 Å². The third-order valence-corrected chi connectivity index (χ3v) is 5.54. The molecule has 0 atom stereocenters. The molecule has 3 aromatic carbocycles. The van der Waals surface area contributed by atoms with Gasteiger partial charge in [0.15, 0.2) is 12.6 Å². The van der Waals surface area contributed by atoms with Gasteiger partial charge in [-0.2, -0.15) is 0 Å². The summed E-state index contributed by atoms with van der Waals surface area (Å²) in [5, 5.41) is 0. The number of aryl methyl sites for hydroxylation is 9. The zero-order chi connectivity index (χ0) is 27.4. The number of benzene rings is 3. The Kier molecular flexibility index (Phi) is 14.3. The molecule has 0 aliphatic carbocycles. The first-order valence-electron chi connectivity index (χ1n) is 11.9. The smallest absolute Gasteiger partial charge is 0.182 e. The van der Waals surface area contributed by atoms with Crippen molar-refractivity contribution in [3.05, 3.63) is 86.5 Å². The monoisotopic (exact) mass is 501 g/mol. The molecule has 0 aliphatic heterocycles. The minimum absolute atomic E-state index is 0. The standard InChI is InChI=1S/C20H24N2.C9H13N.C2H2O2.CH4/c1-13-9-15(3)19(16(4)10-13)21-7-8-22-20-17(5)11-14(2)12-18(20)6;1-6-4-7(2)9(10)8(3)5-6;3-1-2-4;/h7-12H,1-6H3;4-5H,10H2,1-3H3;1-2H;1H4. The predicted molar refractivity (Wildman–Crippen MR) is 162 cm³/mol. The molecule has 198 valence electrons. The number of rotatable bonds is 4. The van der Waals surface area contributed by atoms with E-state index in [2.05, 4.69) is 94.8 Å². The van der Waals surface area contributed by atoms with Gasteiger partial charge in [0, 0.05) is 18.1 Å². The summed E-state index contributed by atoms with van der Waals surface area (Å²) >= 11 is 0. The number of hydrogen-bond acceptors (Lipinski definition) is 5. The van der Waals surface area contributed by atoms with E-state index < -0.39 is 0 Å². The van der Waals surface area contributed by atoms with Crippen LogP contribution < -0.4 is 5.73 Å². The highest BCUT2D eigenvalue weighted by Gasteiger charge is 2.02. The average molecular weight is 502 g/mol. The third-order valence-electron chi connectivity index (χ3n) is 5.54. The summed E-state index contributed by atoms with van der Waals surface area (Å²) in [4.78, 5) is 26.7. The normalized spacial score (nSPS) is 10.2. The second-order valence-electron chi connectivity index (χ2n) is 9.14. The van der Waals surface area contributed by atoms with Gasteiger partial charge < -0.3 is 5.73 Å². The molecule has 37 heavy (non-hydrogen) atoms. The van der Waals surface area contributed by atoms with E-state index in [9.17, 15) is 0 Å². The van der Waals surface area contributed by atoms with Crippen LogP contribution >= 0.6 is 0 Å². The number of carbonyl (C=O) groups is 2. The van der Waals surface area contributed by atoms with E-state index in [1.165, 1.54) is 50.1 Å². The van der Waals surface area contributed by atoms with Crippen molar-refractivity contribution in [1.82, 2.24) is 0 Å². The van der Waals surface area contributed by atoms with Crippen LogP contribution in [0.5, 0.6) is 0 Å². The molecule has 3 rings (SSSR count). The number of nitrogens with two attached hydrogens (primary N) is 1. The molecule has 5 heteroatoms.